The maximum absolute atomic E-state index is 13.5. The Morgan fingerprint density at radius 3 is 2.59 bits per heavy atom. The van der Waals surface area contributed by atoms with E-state index in [4.69, 9.17) is 10.8 Å². The molecular formula is C28H29N7O3S. The third kappa shape index (κ3) is 5.02. The lowest BCUT2D eigenvalue weighted by Gasteiger charge is -2.29. The van der Waals surface area contributed by atoms with Crippen LogP contribution in [0.2, 0.25) is 0 Å². The van der Waals surface area contributed by atoms with E-state index in [1.165, 1.54) is 22.5 Å². The molecule has 0 atom stereocenters. The molecule has 2 N–H and O–H groups in total. The summed E-state index contributed by atoms with van der Waals surface area (Å²) in [4.78, 5) is 17.7. The highest BCUT2D eigenvalue weighted by Gasteiger charge is 2.28. The van der Waals surface area contributed by atoms with Gasteiger partial charge in [-0.3, -0.25) is 9.48 Å². The number of fused-ring (bicyclic) bond motifs is 2. The van der Waals surface area contributed by atoms with Gasteiger partial charge in [0.25, 0.3) is 0 Å². The number of nitrogens with zero attached hydrogens (tertiary/aromatic N) is 6. The number of piperidine rings is 1. The number of hydrogen-bond donors (Lipinski definition) is 1. The largest absolute Gasteiger partial charge is 0.382 e. The van der Waals surface area contributed by atoms with Gasteiger partial charge in [-0.25, -0.2) is 22.2 Å². The van der Waals surface area contributed by atoms with E-state index in [1.807, 2.05) is 53.3 Å². The predicted octanol–water partition coefficient (Wildman–Crippen LogP) is 3.62. The molecule has 1 saturated heterocycles. The Kier molecular flexibility index (Phi) is 6.40. The average Bonchev–Trinajstić information content (AvgIpc) is 3.50. The molecule has 0 amide bonds. The van der Waals surface area contributed by atoms with Crippen molar-refractivity contribution in [2.45, 2.75) is 25.8 Å². The van der Waals surface area contributed by atoms with Gasteiger partial charge in [0.05, 0.1) is 18.3 Å². The van der Waals surface area contributed by atoms with Crippen molar-refractivity contribution < 1.29 is 13.2 Å². The number of nitrogens with two attached hydrogens (primary N) is 1. The minimum atomic E-state index is -3.21. The third-order valence-electron chi connectivity index (χ3n) is 7.44. The number of carbonyl (C=O) groups is 1. The molecule has 1 aliphatic heterocycles. The average molecular weight is 544 g/mol. The molecule has 2 aromatic carbocycles. The molecule has 1 fully saturated rings. The van der Waals surface area contributed by atoms with E-state index in [1.54, 1.807) is 4.52 Å². The zero-order valence-corrected chi connectivity index (χ0v) is 22.4. The van der Waals surface area contributed by atoms with E-state index in [2.05, 4.69) is 22.2 Å². The number of aromatic nitrogens is 5. The quantitative estimate of drug-likeness (QED) is 0.311. The molecular weight excluding hydrogens is 514 g/mol. The molecule has 4 heterocycles. The van der Waals surface area contributed by atoms with Crippen LogP contribution in [0.3, 0.4) is 0 Å². The first-order valence-electron chi connectivity index (χ1n) is 12.9. The molecule has 6 rings (SSSR count). The number of nitrogen functional groups attached to an aromatic ring is 1. The van der Waals surface area contributed by atoms with Crippen molar-refractivity contribution in [2.75, 3.05) is 25.1 Å². The van der Waals surface area contributed by atoms with Crippen LogP contribution in [0, 0.1) is 5.92 Å². The molecule has 200 valence electrons. The van der Waals surface area contributed by atoms with Gasteiger partial charge in [-0.05, 0) is 42.0 Å². The van der Waals surface area contributed by atoms with Crippen LogP contribution in [0.15, 0.2) is 67.1 Å². The molecule has 10 nitrogen and oxygen atoms in total. The topological polar surface area (TPSA) is 128 Å². The maximum atomic E-state index is 13.5. The van der Waals surface area contributed by atoms with Crippen molar-refractivity contribution >= 4 is 38.0 Å². The SMILES string of the molecule is CS(=O)(=O)N1CCC(CC(=O)c2cc(-c3ccc4cn(Cc5ccccc5)nc4c3)c3c(N)ncnn23)CC1. The second-order valence-corrected chi connectivity index (χ2v) is 12.1. The summed E-state index contributed by atoms with van der Waals surface area (Å²) in [6.07, 6.45) is 6.20. The highest BCUT2D eigenvalue weighted by molar-refractivity contribution is 7.88. The minimum Gasteiger partial charge on any atom is -0.382 e. The second kappa shape index (κ2) is 9.90. The Morgan fingerprint density at radius 1 is 1.08 bits per heavy atom. The second-order valence-electron chi connectivity index (χ2n) is 10.2. The summed E-state index contributed by atoms with van der Waals surface area (Å²) in [6, 6.07) is 18.0. The molecule has 5 aromatic rings. The first kappa shape index (κ1) is 25.2. The van der Waals surface area contributed by atoms with Crippen LogP contribution in [-0.2, 0) is 16.6 Å². The minimum absolute atomic E-state index is 0.0552. The highest BCUT2D eigenvalue weighted by Crippen LogP contribution is 2.33. The van der Waals surface area contributed by atoms with Crippen LogP contribution in [-0.4, -0.2) is 62.2 Å². The number of sulfonamides is 1. The van der Waals surface area contributed by atoms with Gasteiger partial charge in [0, 0.05) is 36.7 Å². The van der Waals surface area contributed by atoms with Gasteiger partial charge in [0.15, 0.2) is 11.6 Å². The molecule has 0 bridgehead atoms. The van der Waals surface area contributed by atoms with E-state index in [0.29, 0.717) is 50.1 Å². The van der Waals surface area contributed by atoms with Gasteiger partial charge in [-0.15, -0.1) is 0 Å². The fourth-order valence-corrected chi connectivity index (χ4v) is 6.26. The predicted molar refractivity (Wildman–Crippen MR) is 150 cm³/mol. The first-order chi connectivity index (χ1) is 18.8. The fourth-order valence-electron chi connectivity index (χ4n) is 5.38. The normalized spacial score (nSPS) is 15.3. The van der Waals surface area contributed by atoms with Crippen LogP contribution in [0.25, 0.3) is 27.5 Å². The zero-order chi connectivity index (χ0) is 27.1. The Bertz CT molecular complexity index is 1790. The lowest BCUT2D eigenvalue weighted by atomic mass is 9.92. The lowest BCUT2D eigenvalue weighted by molar-refractivity contribution is 0.0938. The standard InChI is InChI=1S/C28H29N7O3S/c1-39(37,38)34-11-9-19(10-12-34)13-26(36)25-15-23(27-28(29)30-18-31-35(25)27)21-7-8-22-17-33(32-24(22)14-21)16-20-5-3-2-4-6-20/h2-8,14-15,17-19H,9-13,16H2,1H3,(H2,29,30,31). The number of ketones is 1. The lowest BCUT2D eigenvalue weighted by Crippen LogP contribution is -2.38. The Hall–Kier alpha value is -4.09. The number of anilines is 1. The molecule has 11 heteroatoms. The zero-order valence-electron chi connectivity index (χ0n) is 21.6. The smallest absolute Gasteiger partial charge is 0.211 e. The molecule has 0 aliphatic carbocycles. The summed E-state index contributed by atoms with van der Waals surface area (Å²) in [5.41, 5.74) is 10.9. The van der Waals surface area contributed by atoms with Gasteiger partial charge < -0.3 is 5.73 Å². The molecule has 0 unspecified atom stereocenters. The van der Waals surface area contributed by atoms with Crippen LogP contribution in [0.1, 0.15) is 35.3 Å². The summed E-state index contributed by atoms with van der Waals surface area (Å²) in [5.74, 6) is 0.337. The molecule has 39 heavy (non-hydrogen) atoms. The van der Waals surface area contributed by atoms with Crippen molar-refractivity contribution in [1.29, 1.82) is 0 Å². The Labute approximate surface area is 226 Å². The summed E-state index contributed by atoms with van der Waals surface area (Å²) < 4.78 is 28.7. The highest BCUT2D eigenvalue weighted by atomic mass is 32.2. The number of benzene rings is 2. The summed E-state index contributed by atoms with van der Waals surface area (Å²) in [6.45, 7) is 1.54. The van der Waals surface area contributed by atoms with Crippen molar-refractivity contribution in [3.8, 4) is 11.1 Å². The first-order valence-corrected chi connectivity index (χ1v) is 14.7. The van der Waals surface area contributed by atoms with Crippen LogP contribution < -0.4 is 5.73 Å². The molecule has 0 spiro atoms. The molecule has 0 radical (unpaired) electrons. The van der Waals surface area contributed by atoms with Gasteiger partial charge in [-0.2, -0.15) is 10.2 Å². The van der Waals surface area contributed by atoms with E-state index in [9.17, 15) is 13.2 Å². The van der Waals surface area contributed by atoms with Crippen molar-refractivity contribution in [2.24, 2.45) is 5.92 Å². The fraction of sp³-hybridized carbons (Fsp3) is 0.286. The van der Waals surface area contributed by atoms with Crippen molar-refractivity contribution in [1.82, 2.24) is 28.7 Å². The molecule has 3 aromatic heterocycles. The third-order valence-corrected chi connectivity index (χ3v) is 8.74. The van der Waals surface area contributed by atoms with Crippen molar-refractivity contribution in [3.63, 3.8) is 0 Å². The summed E-state index contributed by atoms with van der Waals surface area (Å²) in [7, 11) is -3.21. The van der Waals surface area contributed by atoms with Gasteiger partial charge in [0.2, 0.25) is 10.0 Å². The van der Waals surface area contributed by atoms with Gasteiger partial charge >= 0.3 is 0 Å². The Balaban J connectivity index is 1.30. The molecule has 1 aliphatic rings. The van der Waals surface area contributed by atoms with E-state index < -0.39 is 10.0 Å². The van der Waals surface area contributed by atoms with Gasteiger partial charge in [0.1, 0.15) is 17.5 Å². The van der Waals surface area contributed by atoms with Crippen molar-refractivity contribution in [3.05, 3.63) is 78.4 Å². The van der Waals surface area contributed by atoms with Crippen LogP contribution in [0.4, 0.5) is 5.82 Å². The number of carbonyl (C=O) groups excluding carboxylic acids is 1. The van der Waals surface area contributed by atoms with E-state index in [0.717, 1.165) is 22.0 Å². The Morgan fingerprint density at radius 2 is 1.85 bits per heavy atom. The monoisotopic (exact) mass is 543 g/mol. The summed E-state index contributed by atoms with van der Waals surface area (Å²) in [5, 5.41) is 10.1. The van der Waals surface area contributed by atoms with E-state index >= 15 is 0 Å². The molecule has 0 saturated carbocycles. The number of rotatable bonds is 7. The van der Waals surface area contributed by atoms with Crippen LogP contribution >= 0.6 is 0 Å². The van der Waals surface area contributed by atoms with Crippen LogP contribution in [0.5, 0.6) is 0 Å². The number of hydrogen-bond acceptors (Lipinski definition) is 7. The summed E-state index contributed by atoms with van der Waals surface area (Å²) >= 11 is 0. The maximum Gasteiger partial charge on any atom is 0.211 e. The number of Topliss-reactive ketones (excluding diaryl/α,β-unsaturated/α-hetero) is 1. The van der Waals surface area contributed by atoms with Gasteiger partial charge in [-0.1, -0.05) is 42.5 Å². The van der Waals surface area contributed by atoms with E-state index in [-0.39, 0.29) is 17.5 Å².